The molecular formula is C22H18F2N4OS. The molecule has 1 aliphatic heterocycles. The van der Waals surface area contributed by atoms with Crippen LogP contribution in [0.25, 0.3) is 10.2 Å². The molecule has 2 aromatic carbocycles. The molecule has 5 nitrogen and oxygen atoms in total. The smallest absolute Gasteiger partial charge is 0.202 e. The maximum Gasteiger partial charge on any atom is 0.202 e. The Morgan fingerprint density at radius 2 is 1.90 bits per heavy atom. The molecule has 2 aliphatic rings. The van der Waals surface area contributed by atoms with Gasteiger partial charge in [0.25, 0.3) is 0 Å². The third-order valence-corrected chi connectivity index (χ3v) is 6.18. The summed E-state index contributed by atoms with van der Waals surface area (Å²) in [5.41, 5.74) is 2.40. The zero-order valence-electron chi connectivity index (χ0n) is 16.1. The number of aliphatic imine (C=N–C) groups is 1. The van der Waals surface area contributed by atoms with E-state index in [0.717, 1.165) is 22.0 Å². The molecular weight excluding hydrogens is 406 g/mol. The number of aromatic nitrogens is 1. The van der Waals surface area contributed by atoms with Gasteiger partial charge in [-0.2, -0.15) is 0 Å². The third kappa shape index (κ3) is 3.47. The third-order valence-electron chi connectivity index (χ3n) is 5.23. The Balaban J connectivity index is 1.55. The highest BCUT2D eigenvalue weighted by molar-refractivity contribution is 7.22. The van der Waals surface area contributed by atoms with E-state index in [1.165, 1.54) is 23.5 Å². The van der Waals surface area contributed by atoms with Gasteiger partial charge in [-0.05, 0) is 42.2 Å². The van der Waals surface area contributed by atoms with Gasteiger partial charge in [0.15, 0.2) is 10.9 Å². The van der Waals surface area contributed by atoms with E-state index in [4.69, 9.17) is 0 Å². The number of Topliss-reactive ketones (excluding diaryl/α,β-unsaturated/α-hetero) is 1. The van der Waals surface area contributed by atoms with Crippen LogP contribution in [0.15, 0.2) is 58.7 Å². The molecule has 1 aromatic heterocycles. The molecule has 152 valence electrons. The summed E-state index contributed by atoms with van der Waals surface area (Å²) in [5.74, 6) is -0.857. The molecule has 3 aromatic rings. The number of benzene rings is 2. The maximum atomic E-state index is 13.9. The molecule has 8 heteroatoms. The largest absolute Gasteiger partial charge is 0.329 e. The minimum Gasteiger partial charge on any atom is -0.329 e. The first-order valence-electron chi connectivity index (χ1n) is 9.66. The van der Waals surface area contributed by atoms with E-state index in [1.54, 1.807) is 0 Å². The number of nitrogens with one attached hydrogen (secondary N) is 2. The fourth-order valence-corrected chi connectivity index (χ4v) is 4.86. The fourth-order valence-electron chi connectivity index (χ4n) is 3.99. The van der Waals surface area contributed by atoms with Gasteiger partial charge in [0.2, 0.25) is 5.96 Å². The van der Waals surface area contributed by atoms with Crippen LogP contribution in [0.1, 0.15) is 31.4 Å². The van der Waals surface area contributed by atoms with Crippen molar-refractivity contribution < 1.29 is 13.6 Å². The quantitative estimate of drug-likeness (QED) is 0.612. The van der Waals surface area contributed by atoms with Gasteiger partial charge in [0, 0.05) is 23.8 Å². The summed E-state index contributed by atoms with van der Waals surface area (Å²) in [7, 11) is 0. The lowest BCUT2D eigenvalue weighted by atomic mass is 9.81. The van der Waals surface area contributed by atoms with Crippen molar-refractivity contribution in [2.45, 2.75) is 25.8 Å². The van der Waals surface area contributed by atoms with Gasteiger partial charge < -0.3 is 10.6 Å². The van der Waals surface area contributed by atoms with Crippen LogP contribution < -0.4 is 10.6 Å². The molecule has 0 fully saturated rings. The minimum absolute atomic E-state index is 0.0475. The Labute approximate surface area is 175 Å². The Bertz CT molecular complexity index is 1180. The fraction of sp³-hybridized carbons (Fsp3) is 0.227. The van der Waals surface area contributed by atoms with Gasteiger partial charge in [0.05, 0.1) is 10.2 Å². The van der Waals surface area contributed by atoms with Crippen LogP contribution in [0.2, 0.25) is 0 Å². The molecule has 0 unspecified atom stereocenters. The topological polar surface area (TPSA) is 66.4 Å². The van der Waals surface area contributed by atoms with Gasteiger partial charge in [-0.25, -0.2) is 18.8 Å². The number of nitrogens with zero attached hydrogens (tertiary/aromatic N) is 2. The van der Waals surface area contributed by atoms with Crippen LogP contribution in [0.4, 0.5) is 13.9 Å². The van der Waals surface area contributed by atoms with Crippen LogP contribution in [0.5, 0.6) is 0 Å². The van der Waals surface area contributed by atoms with Gasteiger partial charge in [0.1, 0.15) is 17.7 Å². The molecule has 2 heterocycles. The van der Waals surface area contributed by atoms with Crippen LogP contribution in [0.3, 0.4) is 0 Å². The molecule has 30 heavy (non-hydrogen) atoms. The Morgan fingerprint density at radius 1 is 1.13 bits per heavy atom. The van der Waals surface area contributed by atoms with E-state index in [2.05, 4.69) is 20.6 Å². The van der Waals surface area contributed by atoms with Crippen molar-refractivity contribution in [3.05, 3.63) is 70.9 Å². The second-order valence-corrected chi connectivity index (χ2v) is 8.68. The number of allylic oxidation sites excluding steroid dienone is 1. The van der Waals surface area contributed by atoms with Crippen molar-refractivity contribution in [3.63, 3.8) is 0 Å². The highest BCUT2D eigenvalue weighted by Crippen LogP contribution is 2.38. The predicted molar refractivity (Wildman–Crippen MR) is 113 cm³/mol. The number of ketones is 1. The number of thiazole rings is 1. The lowest BCUT2D eigenvalue weighted by Gasteiger charge is -2.32. The summed E-state index contributed by atoms with van der Waals surface area (Å²) in [4.78, 5) is 21.9. The molecule has 1 aliphatic carbocycles. The van der Waals surface area contributed by atoms with E-state index < -0.39 is 17.7 Å². The number of hydrogen-bond donors (Lipinski definition) is 2. The molecule has 0 radical (unpaired) electrons. The lowest BCUT2D eigenvalue weighted by Crippen LogP contribution is -2.39. The van der Waals surface area contributed by atoms with Crippen LogP contribution in [-0.4, -0.2) is 16.7 Å². The Hall–Kier alpha value is -3.13. The zero-order valence-corrected chi connectivity index (χ0v) is 16.9. The van der Waals surface area contributed by atoms with E-state index in [0.29, 0.717) is 35.1 Å². The molecule has 0 amide bonds. The number of halogens is 2. The van der Waals surface area contributed by atoms with Crippen molar-refractivity contribution >= 4 is 38.4 Å². The highest BCUT2D eigenvalue weighted by Gasteiger charge is 2.35. The lowest BCUT2D eigenvalue weighted by molar-refractivity contribution is -0.117. The molecule has 0 spiro atoms. The summed E-state index contributed by atoms with van der Waals surface area (Å²) < 4.78 is 28.8. The van der Waals surface area contributed by atoms with Gasteiger partial charge >= 0.3 is 0 Å². The number of hydrogen-bond acceptors (Lipinski definition) is 6. The molecule has 0 saturated carbocycles. The van der Waals surface area contributed by atoms with Crippen LogP contribution >= 0.6 is 11.3 Å². The minimum atomic E-state index is -0.775. The number of fused-ring (bicyclic) bond motifs is 1. The number of guanidine groups is 1. The summed E-state index contributed by atoms with van der Waals surface area (Å²) in [6, 6.07) is 10.3. The Morgan fingerprint density at radius 3 is 2.67 bits per heavy atom. The first-order chi connectivity index (χ1) is 14.5. The van der Waals surface area contributed by atoms with E-state index in [1.807, 2.05) is 31.2 Å². The number of carbonyl (C=O) groups excluding carboxylic acids is 1. The maximum absolute atomic E-state index is 13.9. The van der Waals surface area contributed by atoms with E-state index >= 15 is 0 Å². The predicted octanol–water partition coefficient (Wildman–Crippen LogP) is 4.94. The second kappa shape index (κ2) is 7.28. The van der Waals surface area contributed by atoms with Crippen molar-refractivity contribution in [2.75, 3.05) is 5.32 Å². The standard InChI is InChI=1S/C22H18F2N4OS/c1-11-6-16-19(17(29)7-11)20(12-8-13(23)10-14(24)9-12)27-21(25-16)28-22-26-15-4-2-3-5-18(15)30-22/h2-5,8-11,20H,6-7H2,1H3,(H2,25,26,27,28)/t11-,20+/m1/s1. The van der Waals surface area contributed by atoms with Crippen molar-refractivity contribution in [1.29, 1.82) is 0 Å². The number of rotatable bonds is 2. The molecule has 2 atom stereocenters. The monoisotopic (exact) mass is 424 g/mol. The number of anilines is 1. The molecule has 2 N–H and O–H groups in total. The summed E-state index contributed by atoms with van der Waals surface area (Å²) in [6.07, 6.45) is 1.06. The van der Waals surface area contributed by atoms with Gasteiger partial charge in [-0.15, -0.1) is 0 Å². The average molecular weight is 424 g/mol. The Kier molecular flexibility index (Phi) is 4.58. The first-order valence-corrected chi connectivity index (χ1v) is 10.5. The molecule has 0 saturated heterocycles. The molecule has 5 rings (SSSR count). The van der Waals surface area contributed by atoms with Crippen molar-refractivity contribution in [3.8, 4) is 0 Å². The summed E-state index contributed by atoms with van der Waals surface area (Å²) in [5, 5.41) is 7.03. The van der Waals surface area contributed by atoms with Crippen molar-refractivity contribution in [1.82, 2.24) is 10.3 Å². The SMILES string of the molecule is C[C@H]1CC(=O)C2=C(C1)NC(Nc1nc3ccccc3s1)=N[C@H]2c1cc(F)cc(F)c1. The number of carbonyl (C=O) groups is 1. The van der Waals surface area contributed by atoms with Gasteiger partial charge in [-0.1, -0.05) is 30.4 Å². The zero-order chi connectivity index (χ0) is 20.8. The normalized spacial score (nSPS) is 21.3. The number of para-hydroxylation sites is 1. The van der Waals surface area contributed by atoms with Crippen LogP contribution in [-0.2, 0) is 4.79 Å². The first kappa shape index (κ1) is 18.9. The average Bonchev–Trinajstić information content (AvgIpc) is 3.08. The van der Waals surface area contributed by atoms with E-state index in [-0.39, 0.29) is 11.7 Å². The van der Waals surface area contributed by atoms with Gasteiger partial charge in [-0.3, -0.25) is 4.79 Å². The van der Waals surface area contributed by atoms with Crippen molar-refractivity contribution in [2.24, 2.45) is 10.9 Å². The summed E-state index contributed by atoms with van der Waals surface area (Å²) in [6.45, 7) is 2.01. The highest BCUT2D eigenvalue weighted by atomic mass is 32.1. The second-order valence-electron chi connectivity index (χ2n) is 7.65. The van der Waals surface area contributed by atoms with Crippen LogP contribution in [0, 0.1) is 17.6 Å². The summed E-state index contributed by atoms with van der Waals surface area (Å²) >= 11 is 1.48. The van der Waals surface area contributed by atoms with E-state index in [9.17, 15) is 13.6 Å². The molecule has 0 bridgehead atoms.